The van der Waals surface area contributed by atoms with E-state index in [2.05, 4.69) is 10.5 Å². The number of fused-ring (bicyclic) bond motifs is 1. The summed E-state index contributed by atoms with van der Waals surface area (Å²) >= 11 is 0. The van der Waals surface area contributed by atoms with Gasteiger partial charge in [-0.2, -0.15) is 5.10 Å². The van der Waals surface area contributed by atoms with Gasteiger partial charge in [0, 0.05) is 17.5 Å². The Morgan fingerprint density at radius 2 is 1.89 bits per heavy atom. The number of benzene rings is 2. The fraction of sp³-hybridized carbons (Fsp3) is 0.150. The van der Waals surface area contributed by atoms with Crippen molar-refractivity contribution in [2.45, 2.75) is 6.92 Å². The molecule has 2 aromatic carbocycles. The molecule has 27 heavy (non-hydrogen) atoms. The molecule has 0 radical (unpaired) electrons. The summed E-state index contributed by atoms with van der Waals surface area (Å²) in [5.74, 6) is 0.752. The lowest BCUT2D eigenvalue weighted by atomic mass is 10.1. The third kappa shape index (κ3) is 4.72. The number of aryl methyl sites for hydroxylation is 1. The first-order valence-electron chi connectivity index (χ1n) is 8.18. The van der Waals surface area contributed by atoms with Gasteiger partial charge in [0.15, 0.2) is 6.61 Å². The number of carbonyl (C=O) groups excluding carboxylic acids is 1. The minimum Gasteiger partial charge on any atom is -0.497 e. The summed E-state index contributed by atoms with van der Waals surface area (Å²) in [5.41, 5.74) is 4.01. The molecule has 0 fully saturated rings. The van der Waals surface area contributed by atoms with Crippen LogP contribution in [0.25, 0.3) is 11.0 Å². The SMILES string of the molecule is COc1ccc(/C=N\NC(=O)COc2ccc3c(C)cc(=O)oc3c2)cc1. The highest BCUT2D eigenvalue weighted by Crippen LogP contribution is 2.22. The minimum atomic E-state index is -0.428. The molecular weight excluding hydrogens is 348 g/mol. The van der Waals surface area contributed by atoms with E-state index < -0.39 is 11.5 Å². The quantitative estimate of drug-likeness (QED) is 0.411. The van der Waals surface area contributed by atoms with E-state index in [0.29, 0.717) is 11.3 Å². The van der Waals surface area contributed by atoms with Gasteiger partial charge >= 0.3 is 5.63 Å². The van der Waals surface area contributed by atoms with Crippen LogP contribution in [0.2, 0.25) is 0 Å². The molecule has 0 saturated heterocycles. The van der Waals surface area contributed by atoms with Crippen molar-refractivity contribution in [3.8, 4) is 11.5 Å². The number of nitrogens with zero attached hydrogens (tertiary/aromatic N) is 1. The Labute approximate surface area is 155 Å². The van der Waals surface area contributed by atoms with Crippen molar-refractivity contribution in [3.63, 3.8) is 0 Å². The lowest BCUT2D eigenvalue weighted by Gasteiger charge is -2.06. The van der Waals surface area contributed by atoms with Crippen LogP contribution in [-0.2, 0) is 4.79 Å². The Bertz CT molecular complexity index is 1040. The summed E-state index contributed by atoms with van der Waals surface area (Å²) in [5, 5.41) is 4.69. The molecule has 1 amide bonds. The summed E-state index contributed by atoms with van der Waals surface area (Å²) in [6.07, 6.45) is 1.52. The van der Waals surface area contributed by atoms with Crippen molar-refractivity contribution in [2.75, 3.05) is 13.7 Å². The molecule has 138 valence electrons. The number of amides is 1. The summed E-state index contributed by atoms with van der Waals surface area (Å²) in [4.78, 5) is 23.3. The van der Waals surface area contributed by atoms with Gasteiger partial charge in [0.05, 0.1) is 13.3 Å². The van der Waals surface area contributed by atoms with Gasteiger partial charge in [-0.25, -0.2) is 10.2 Å². The maximum absolute atomic E-state index is 11.8. The van der Waals surface area contributed by atoms with E-state index >= 15 is 0 Å². The Kier molecular flexibility index (Phi) is 5.51. The van der Waals surface area contributed by atoms with Gasteiger partial charge in [0.2, 0.25) is 0 Å². The predicted molar refractivity (Wildman–Crippen MR) is 101 cm³/mol. The second-order valence-corrected chi connectivity index (χ2v) is 5.76. The molecule has 7 heteroatoms. The van der Waals surface area contributed by atoms with Crippen LogP contribution in [0, 0.1) is 6.92 Å². The highest BCUT2D eigenvalue weighted by atomic mass is 16.5. The normalized spacial score (nSPS) is 10.9. The summed E-state index contributed by atoms with van der Waals surface area (Å²) in [6, 6.07) is 13.7. The first-order valence-corrected chi connectivity index (χ1v) is 8.18. The Hall–Kier alpha value is -3.61. The highest BCUT2D eigenvalue weighted by molar-refractivity contribution is 5.83. The molecule has 0 aliphatic rings. The molecule has 0 atom stereocenters. The van der Waals surface area contributed by atoms with E-state index in [9.17, 15) is 9.59 Å². The van der Waals surface area contributed by atoms with Crippen LogP contribution in [0.5, 0.6) is 11.5 Å². The van der Waals surface area contributed by atoms with Crippen LogP contribution in [0.3, 0.4) is 0 Å². The molecule has 0 aliphatic heterocycles. The molecule has 0 unspecified atom stereocenters. The lowest BCUT2D eigenvalue weighted by molar-refractivity contribution is -0.123. The van der Waals surface area contributed by atoms with Crippen LogP contribution in [0.4, 0.5) is 0 Å². The van der Waals surface area contributed by atoms with Crippen LogP contribution in [-0.4, -0.2) is 25.8 Å². The maximum atomic E-state index is 11.8. The van der Waals surface area contributed by atoms with Gasteiger partial charge in [0.1, 0.15) is 17.1 Å². The minimum absolute atomic E-state index is 0.221. The van der Waals surface area contributed by atoms with E-state index in [1.54, 1.807) is 37.4 Å². The number of methoxy groups -OCH3 is 1. The van der Waals surface area contributed by atoms with Crippen molar-refractivity contribution in [1.29, 1.82) is 0 Å². The zero-order valence-corrected chi connectivity index (χ0v) is 14.9. The Morgan fingerprint density at radius 3 is 2.63 bits per heavy atom. The average Bonchev–Trinajstić information content (AvgIpc) is 2.66. The predicted octanol–water partition coefficient (Wildman–Crippen LogP) is 2.64. The summed E-state index contributed by atoms with van der Waals surface area (Å²) < 4.78 is 15.6. The number of hydrogen-bond acceptors (Lipinski definition) is 6. The molecule has 0 spiro atoms. The number of carbonyl (C=O) groups is 1. The molecule has 3 aromatic rings. The molecule has 7 nitrogen and oxygen atoms in total. The Morgan fingerprint density at radius 1 is 1.15 bits per heavy atom. The molecule has 1 N–H and O–H groups in total. The largest absolute Gasteiger partial charge is 0.497 e. The van der Waals surface area contributed by atoms with E-state index in [1.165, 1.54) is 12.3 Å². The van der Waals surface area contributed by atoms with E-state index in [-0.39, 0.29) is 6.61 Å². The van der Waals surface area contributed by atoms with Crippen LogP contribution >= 0.6 is 0 Å². The standard InChI is InChI=1S/C20H18N2O5/c1-13-9-20(24)27-18-10-16(7-8-17(13)18)26-12-19(23)22-21-11-14-3-5-15(25-2)6-4-14/h3-11H,12H2,1-2H3,(H,22,23)/b21-11-. The van der Waals surface area contributed by atoms with Crippen molar-refractivity contribution in [1.82, 2.24) is 5.43 Å². The molecule has 1 heterocycles. The number of rotatable bonds is 6. The summed E-state index contributed by atoms with van der Waals surface area (Å²) in [7, 11) is 1.59. The van der Waals surface area contributed by atoms with Gasteiger partial charge < -0.3 is 13.9 Å². The zero-order valence-electron chi connectivity index (χ0n) is 14.9. The molecule has 0 bridgehead atoms. The molecule has 0 aliphatic carbocycles. The first-order chi connectivity index (χ1) is 13.0. The van der Waals surface area contributed by atoms with Crippen LogP contribution in [0.1, 0.15) is 11.1 Å². The zero-order chi connectivity index (χ0) is 19.2. The number of nitrogens with one attached hydrogen (secondary N) is 1. The Balaban J connectivity index is 1.56. The van der Waals surface area contributed by atoms with Crippen molar-refractivity contribution in [2.24, 2.45) is 5.10 Å². The second-order valence-electron chi connectivity index (χ2n) is 5.76. The third-order valence-corrected chi connectivity index (χ3v) is 3.81. The second kappa shape index (κ2) is 8.18. The average molecular weight is 366 g/mol. The van der Waals surface area contributed by atoms with Gasteiger partial charge in [-0.1, -0.05) is 0 Å². The molecule has 3 rings (SSSR count). The molecule has 1 aromatic heterocycles. The van der Waals surface area contributed by atoms with Gasteiger partial charge in [-0.3, -0.25) is 4.79 Å². The summed E-state index contributed by atoms with van der Waals surface area (Å²) in [6.45, 7) is 1.61. The van der Waals surface area contributed by atoms with Crippen LogP contribution in [0.15, 0.2) is 62.8 Å². The monoisotopic (exact) mass is 366 g/mol. The molecule has 0 saturated carbocycles. The number of ether oxygens (including phenoxy) is 2. The van der Waals surface area contributed by atoms with Gasteiger partial charge in [-0.15, -0.1) is 0 Å². The highest BCUT2D eigenvalue weighted by Gasteiger charge is 2.06. The van der Waals surface area contributed by atoms with E-state index in [0.717, 1.165) is 22.3 Å². The number of hydrazone groups is 1. The topological polar surface area (TPSA) is 90.1 Å². The first kappa shape index (κ1) is 18.2. The van der Waals surface area contributed by atoms with Crippen molar-refractivity contribution < 1.29 is 18.7 Å². The van der Waals surface area contributed by atoms with E-state index in [4.69, 9.17) is 13.9 Å². The smallest absolute Gasteiger partial charge is 0.336 e. The van der Waals surface area contributed by atoms with Gasteiger partial charge in [-0.05, 0) is 54.4 Å². The molecular formula is C20H18N2O5. The van der Waals surface area contributed by atoms with Crippen molar-refractivity contribution in [3.05, 3.63) is 70.1 Å². The lowest BCUT2D eigenvalue weighted by Crippen LogP contribution is -2.24. The number of hydrogen-bond donors (Lipinski definition) is 1. The van der Waals surface area contributed by atoms with Gasteiger partial charge in [0.25, 0.3) is 5.91 Å². The van der Waals surface area contributed by atoms with Crippen LogP contribution < -0.4 is 20.5 Å². The fourth-order valence-corrected chi connectivity index (χ4v) is 2.44. The van der Waals surface area contributed by atoms with E-state index in [1.807, 2.05) is 19.1 Å². The third-order valence-electron chi connectivity index (χ3n) is 3.81. The maximum Gasteiger partial charge on any atom is 0.336 e. The van der Waals surface area contributed by atoms with Crippen molar-refractivity contribution >= 4 is 23.1 Å². The fourth-order valence-electron chi connectivity index (χ4n) is 2.44.